The van der Waals surface area contributed by atoms with Crippen LogP contribution in [-0.2, 0) is 0 Å². The highest BCUT2D eigenvalue weighted by Gasteiger charge is 2.15. The Kier molecular flexibility index (Phi) is 10.8. The van der Waals surface area contributed by atoms with Gasteiger partial charge in [0.2, 0.25) is 0 Å². The molecule has 41 heavy (non-hydrogen) atoms. The maximum Gasteiger partial charge on any atom is 0.319 e. The standard InChI is InChI=1S/C32H40N4O5/c1-4-5-6-17-34-32(38)36-25-10-14-29(30(21-25)39-3)41-28-13-9-24(20-22(28)2)35-31(37)23-7-11-26(12-8-23)40-27-15-18-33-19-16-27/h7-14,20-21,27,33H,4-6,15-19H2,1-3H3,(H,35,37)(H2,34,36,38). The van der Waals surface area contributed by atoms with Gasteiger partial charge in [-0.3, -0.25) is 4.79 Å². The van der Waals surface area contributed by atoms with Gasteiger partial charge in [0.25, 0.3) is 5.91 Å². The zero-order valence-electron chi connectivity index (χ0n) is 24.0. The van der Waals surface area contributed by atoms with Crippen molar-refractivity contribution in [2.45, 2.75) is 52.1 Å². The van der Waals surface area contributed by atoms with E-state index in [4.69, 9.17) is 14.2 Å². The molecule has 1 saturated heterocycles. The fourth-order valence-electron chi connectivity index (χ4n) is 4.54. The second kappa shape index (κ2) is 14.9. The number of methoxy groups -OCH3 is 1. The normalized spacial score (nSPS) is 13.2. The van der Waals surface area contributed by atoms with Crippen LogP contribution in [-0.4, -0.2) is 44.8 Å². The average Bonchev–Trinajstić information content (AvgIpc) is 2.98. The lowest BCUT2D eigenvalue weighted by molar-refractivity contribution is 0.102. The maximum atomic E-state index is 12.8. The highest BCUT2D eigenvalue weighted by Crippen LogP contribution is 2.36. The molecule has 0 unspecified atom stereocenters. The number of nitrogens with one attached hydrogen (secondary N) is 4. The molecule has 3 amide bonds. The number of hydrogen-bond donors (Lipinski definition) is 4. The molecule has 218 valence electrons. The second-order valence-electron chi connectivity index (χ2n) is 10.1. The van der Waals surface area contributed by atoms with E-state index in [9.17, 15) is 9.59 Å². The number of carbonyl (C=O) groups is 2. The summed E-state index contributed by atoms with van der Waals surface area (Å²) in [6.45, 7) is 6.59. The predicted molar refractivity (Wildman–Crippen MR) is 162 cm³/mol. The van der Waals surface area contributed by atoms with E-state index in [0.717, 1.165) is 56.5 Å². The lowest BCUT2D eigenvalue weighted by Gasteiger charge is -2.23. The lowest BCUT2D eigenvalue weighted by Crippen LogP contribution is -2.34. The Morgan fingerprint density at radius 3 is 2.27 bits per heavy atom. The van der Waals surface area contributed by atoms with Crippen molar-refractivity contribution in [2.75, 3.05) is 37.4 Å². The van der Waals surface area contributed by atoms with E-state index in [1.165, 1.54) is 0 Å². The van der Waals surface area contributed by atoms with Gasteiger partial charge in [-0.25, -0.2) is 4.79 Å². The molecule has 0 saturated carbocycles. The number of benzene rings is 3. The molecule has 1 aliphatic heterocycles. The summed E-state index contributed by atoms with van der Waals surface area (Å²) in [7, 11) is 1.55. The van der Waals surface area contributed by atoms with Crippen molar-refractivity contribution in [2.24, 2.45) is 0 Å². The Morgan fingerprint density at radius 1 is 0.878 bits per heavy atom. The van der Waals surface area contributed by atoms with Crippen LogP contribution in [0.4, 0.5) is 16.2 Å². The van der Waals surface area contributed by atoms with Crippen molar-refractivity contribution in [1.82, 2.24) is 10.6 Å². The van der Waals surface area contributed by atoms with Crippen molar-refractivity contribution in [3.05, 3.63) is 71.8 Å². The summed E-state index contributed by atoms with van der Waals surface area (Å²) >= 11 is 0. The quantitative estimate of drug-likeness (QED) is 0.189. The van der Waals surface area contributed by atoms with E-state index >= 15 is 0 Å². The van der Waals surface area contributed by atoms with Crippen LogP contribution >= 0.6 is 0 Å². The fourth-order valence-corrected chi connectivity index (χ4v) is 4.54. The second-order valence-corrected chi connectivity index (χ2v) is 10.1. The van der Waals surface area contributed by atoms with E-state index < -0.39 is 0 Å². The summed E-state index contributed by atoms with van der Waals surface area (Å²) in [5.41, 5.74) is 2.65. The van der Waals surface area contributed by atoms with Crippen LogP contribution in [0.15, 0.2) is 60.7 Å². The number of carbonyl (C=O) groups excluding carboxylic acids is 2. The Bertz CT molecular complexity index is 1310. The SMILES string of the molecule is CCCCCNC(=O)Nc1ccc(Oc2ccc(NC(=O)c3ccc(OC4CCNCC4)cc3)cc2C)c(OC)c1. The smallest absolute Gasteiger partial charge is 0.319 e. The third kappa shape index (κ3) is 8.88. The van der Waals surface area contributed by atoms with Crippen LogP contribution in [0.5, 0.6) is 23.0 Å². The van der Waals surface area contributed by atoms with Gasteiger partial charge in [0, 0.05) is 29.5 Å². The number of urea groups is 1. The van der Waals surface area contributed by atoms with Crippen molar-refractivity contribution in [1.29, 1.82) is 0 Å². The number of anilines is 2. The van der Waals surface area contributed by atoms with Gasteiger partial charge < -0.3 is 35.5 Å². The first-order chi connectivity index (χ1) is 19.9. The third-order valence-electron chi connectivity index (χ3n) is 6.85. The monoisotopic (exact) mass is 560 g/mol. The van der Waals surface area contributed by atoms with Crippen LogP contribution in [0.1, 0.15) is 54.9 Å². The number of ether oxygens (including phenoxy) is 3. The van der Waals surface area contributed by atoms with Crippen LogP contribution in [0.3, 0.4) is 0 Å². The van der Waals surface area contributed by atoms with Gasteiger partial charge in [-0.05, 0) is 99.4 Å². The van der Waals surface area contributed by atoms with Crippen molar-refractivity contribution in [3.8, 4) is 23.0 Å². The summed E-state index contributed by atoms with van der Waals surface area (Å²) in [5.74, 6) is 2.18. The topological polar surface area (TPSA) is 110 Å². The molecular weight excluding hydrogens is 520 g/mol. The minimum atomic E-state index is -0.258. The number of hydrogen-bond acceptors (Lipinski definition) is 6. The van der Waals surface area contributed by atoms with Crippen molar-refractivity contribution in [3.63, 3.8) is 0 Å². The lowest BCUT2D eigenvalue weighted by atomic mass is 10.1. The number of unbranched alkanes of at least 4 members (excludes halogenated alkanes) is 2. The molecule has 0 radical (unpaired) electrons. The molecule has 9 nitrogen and oxygen atoms in total. The predicted octanol–water partition coefficient (Wildman–Crippen LogP) is 6.49. The van der Waals surface area contributed by atoms with Crippen LogP contribution in [0, 0.1) is 6.92 Å². The highest BCUT2D eigenvalue weighted by molar-refractivity contribution is 6.04. The van der Waals surface area contributed by atoms with Crippen LogP contribution in [0.2, 0.25) is 0 Å². The molecule has 0 aromatic heterocycles. The molecule has 0 atom stereocenters. The van der Waals surface area contributed by atoms with Crippen LogP contribution < -0.4 is 35.5 Å². The molecule has 4 N–H and O–H groups in total. The molecule has 1 aliphatic rings. The first kappa shape index (κ1) is 29.7. The molecule has 3 aromatic rings. The number of piperidine rings is 1. The summed E-state index contributed by atoms with van der Waals surface area (Å²) < 4.78 is 17.7. The first-order valence-electron chi connectivity index (χ1n) is 14.3. The zero-order valence-corrected chi connectivity index (χ0v) is 24.0. The van der Waals surface area contributed by atoms with Gasteiger partial charge in [-0.15, -0.1) is 0 Å². The van der Waals surface area contributed by atoms with E-state index in [1.54, 1.807) is 49.6 Å². The van der Waals surface area contributed by atoms with Gasteiger partial charge in [-0.2, -0.15) is 0 Å². The highest BCUT2D eigenvalue weighted by atomic mass is 16.5. The number of aryl methyl sites for hydroxylation is 1. The van der Waals surface area contributed by atoms with Crippen LogP contribution in [0.25, 0.3) is 0 Å². The van der Waals surface area contributed by atoms with E-state index in [2.05, 4.69) is 28.2 Å². The van der Waals surface area contributed by atoms with Gasteiger partial charge in [0.15, 0.2) is 11.5 Å². The molecule has 1 fully saturated rings. The Balaban J connectivity index is 1.33. The number of amides is 3. The Labute approximate surface area is 242 Å². The minimum Gasteiger partial charge on any atom is -0.493 e. The molecule has 9 heteroatoms. The average molecular weight is 561 g/mol. The fraction of sp³-hybridized carbons (Fsp3) is 0.375. The molecule has 0 spiro atoms. The first-order valence-corrected chi connectivity index (χ1v) is 14.3. The molecule has 0 aliphatic carbocycles. The molecule has 4 rings (SSSR count). The molecule has 1 heterocycles. The zero-order chi connectivity index (χ0) is 29.0. The molecular formula is C32H40N4O5. The third-order valence-corrected chi connectivity index (χ3v) is 6.85. The summed E-state index contributed by atoms with van der Waals surface area (Å²) in [6, 6.07) is 17.6. The summed E-state index contributed by atoms with van der Waals surface area (Å²) in [4.78, 5) is 25.0. The summed E-state index contributed by atoms with van der Waals surface area (Å²) in [6.07, 6.45) is 5.30. The minimum absolute atomic E-state index is 0.203. The summed E-state index contributed by atoms with van der Waals surface area (Å²) in [5, 5.41) is 11.9. The van der Waals surface area contributed by atoms with E-state index in [0.29, 0.717) is 40.7 Å². The molecule has 3 aromatic carbocycles. The Morgan fingerprint density at radius 2 is 1.59 bits per heavy atom. The van der Waals surface area contributed by atoms with E-state index in [1.807, 2.05) is 25.1 Å². The van der Waals surface area contributed by atoms with Gasteiger partial charge >= 0.3 is 6.03 Å². The van der Waals surface area contributed by atoms with Gasteiger partial charge in [-0.1, -0.05) is 19.8 Å². The number of rotatable bonds is 12. The van der Waals surface area contributed by atoms with Gasteiger partial charge in [0.05, 0.1) is 7.11 Å². The van der Waals surface area contributed by atoms with Gasteiger partial charge in [0.1, 0.15) is 17.6 Å². The van der Waals surface area contributed by atoms with Crippen molar-refractivity contribution >= 4 is 23.3 Å². The maximum absolute atomic E-state index is 12.8. The van der Waals surface area contributed by atoms with Crippen molar-refractivity contribution < 1.29 is 23.8 Å². The largest absolute Gasteiger partial charge is 0.493 e. The Hall–Kier alpha value is -4.24. The van der Waals surface area contributed by atoms with E-state index in [-0.39, 0.29) is 18.0 Å². The molecule has 0 bridgehead atoms.